The van der Waals surface area contributed by atoms with Gasteiger partial charge >= 0.3 is 6.01 Å². The number of anilines is 1. The van der Waals surface area contributed by atoms with Crippen molar-refractivity contribution in [3.8, 4) is 35.4 Å². The van der Waals surface area contributed by atoms with E-state index in [9.17, 15) is 13.9 Å². The molecule has 226 valence electrons. The van der Waals surface area contributed by atoms with Crippen LogP contribution in [0.15, 0.2) is 30.5 Å². The quantitative estimate of drug-likeness (QED) is 0.315. The number of hydrogen-bond donors (Lipinski definition) is 1. The average Bonchev–Trinajstić information content (AvgIpc) is 3.59. The summed E-state index contributed by atoms with van der Waals surface area (Å²) in [6, 6.07) is 4.86. The van der Waals surface area contributed by atoms with Gasteiger partial charge in [0, 0.05) is 43.3 Å². The number of hydrogen-bond acceptors (Lipinski definition) is 8. The van der Waals surface area contributed by atoms with Crippen LogP contribution < -0.4 is 9.64 Å². The highest BCUT2D eigenvalue weighted by atomic mass is 19.1. The molecule has 4 fully saturated rings. The molecular weight excluding hydrogens is 571 g/mol. The third-order valence-corrected chi connectivity index (χ3v) is 9.28. The maximum absolute atomic E-state index is 16.8. The molecule has 1 saturated carbocycles. The summed E-state index contributed by atoms with van der Waals surface area (Å²) in [6.07, 6.45) is 8.36. The number of terminal acetylenes is 1. The van der Waals surface area contributed by atoms with Crippen LogP contribution in [0.3, 0.4) is 0 Å². The number of halogens is 3. The molecule has 2 aromatic heterocycles. The van der Waals surface area contributed by atoms with Crippen molar-refractivity contribution in [3.63, 3.8) is 0 Å². The monoisotopic (exact) mass is 603 g/mol. The first-order chi connectivity index (χ1) is 22.1. The summed E-state index contributed by atoms with van der Waals surface area (Å²) in [5.74, 6) is 0.854. The van der Waals surface area contributed by atoms with E-state index in [1.165, 1.54) is 30.5 Å². The number of benzene rings is 2. The summed E-state index contributed by atoms with van der Waals surface area (Å²) >= 11 is 0. The van der Waals surface area contributed by atoms with Gasteiger partial charge in [-0.15, -0.1) is 6.42 Å². The zero-order valence-corrected chi connectivity index (χ0v) is 23.7. The Hall–Kier alpha value is -4.14. The van der Waals surface area contributed by atoms with E-state index in [-0.39, 0.29) is 64.0 Å². The summed E-state index contributed by atoms with van der Waals surface area (Å²) < 4.78 is 76.1. The number of phenolic OH excluding ortho intramolecular Hbond substituents is 1. The molecule has 0 radical (unpaired) electrons. The van der Waals surface area contributed by atoms with Crippen LogP contribution in [0, 0.1) is 24.0 Å². The predicted molar refractivity (Wildman–Crippen MR) is 158 cm³/mol. The Balaban J connectivity index is 1.32. The fourth-order valence-electron chi connectivity index (χ4n) is 7.19. The normalized spacial score (nSPS) is 27.4. The molecule has 5 heterocycles. The number of rotatable bonds is 5. The van der Waals surface area contributed by atoms with Crippen LogP contribution >= 0.6 is 0 Å². The highest BCUT2D eigenvalue weighted by Crippen LogP contribution is 2.43. The van der Waals surface area contributed by atoms with E-state index >= 15 is 4.39 Å². The van der Waals surface area contributed by atoms with E-state index in [4.69, 9.17) is 18.6 Å². The molecule has 1 N–H and O–H groups in total. The molecule has 4 aromatic rings. The number of fused-ring (bicyclic) bond motifs is 4. The Morgan fingerprint density at radius 2 is 2.11 bits per heavy atom. The van der Waals surface area contributed by atoms with Crippen LogP contribution in [0.2, 0.25) is 0 Å². The number of phenols is 1. The van der Waals surface area contributed by atoms with Gasteiger partial charge in [0.1, 0.15) is 41.3 Å². The zero-order valence-electron chi connectivity index (χ0n) is 25.7. The molecule has 8 rings (SSSR count). The van der Waals surface area contributed by atoms with E-state index in [0.29, 0.717) is 50.2 Å². The first-order valence-corrected chi connectivity index (χ1v) is 14.8. The lowest BCUT2D eigenvalue weighted by molar-refractivity contribution is 0.107. The maximum Gasteiger partial charge on any atom is 0.319 e. The van der Waals surface area contributed by atoms with Gasteiger partial charge in [-0.1, -0.05) is 12.0 Å². The number of pyridine rings is 1. The molecule has 0 spiro atoms. The van der Waals surface area contributed by atoms with Crippen molar-refractivity contribution in [2.75, 3.05) is 37.7 Å². The topological polar surface area (TPSA) is 83.8 Å². The van der Waals surface area contributed by atoms with Crippen LogP contribution in [0.1, 0.15) is 40.4 Å². The van der Waals surface area contributed by atoms with Crippen molar-refractivity contribution < 1.29 is 30.5 Å². The minimum Gasteiger partial charge on any atom is -0.508 e. The Labute approximate surface area is 254 Å². The van der Waals surface area contributed by atoms with Gasteiger partial charge in [-0.2, -0.15) is 9.97 Å². The fraction of sp³-hybridized carbons (Fsp3) is 0.424. The molecule has 0 bridgehead atoms. The van der Waals surface area contributed by atoms with Gasteiger partial charge in [-0.25, -0.2) is 13.2 Å². The highest BCUT2D eigenvalue weighted by molar-refractivity contribution is 6.03. The molecular formula is C33H30F3N5O3. The first kappa shape index (κ1) is 25.2. The van der Waals surface area contributed by atoms with Gasteiger partial charge in [0.05, 0.1) is 31.4 Å². The van der Waals surface area contributed by atoms with Crippen LogP contribution in [0.5, 0.6) is 11.8 Å². The second kappa shape index (κ2) is 10.2. The summed E-state index contributed by atoms with van der Waals surface area (Å²) in [6.45, 7) is -0.625. The Morgan fingerprint density at radius 3 is 2.98 bits per heavy atom. The summed E-state index contributed by atoms with van der Waals surface area (Å²) in [4.78, 5) is 17.2. The molecule has 3 saturated heterocycles. The average molecular weight is 604 g/mol. The molecule has 4 atom stereocenters. The molecule has 8 nitrogen and oxygen atoms in total. The van der Waals surface area contributed by atoms with Crippen molar-refractivity contribution in [3.05, 3.63) is 47.7 Å². The minimum atomic E-state index is -2.40. The molecule has 0 amide bonds. The predicted octanol–water partition coefficient (Wildman–Crippen LogP) is 5.13. The maximum atomic E-state index is 16.8. The minimum absolute atomic E-state index is 0.0120. The van der Waals surface area contributed by atoms with Gasteiger partial charge in [-0.3, -0.25) is 9.88 Å². The Kier molecular flexibility index (Phi) is 5.85. The first-order valence-electron chi connectivity index (χ1n) is 15.8. The highest BCUT2D eigenvalue weighted by Gasteiger charge is 2.50. The Morgan fingerprint density at radius 1 is 1.23 bits per heavy atom. The molecule has 44 heavy (non-hydrogen) atoms. The van der Waals surface area contributed by atoms with Crippen molar-refractivity contribution >= 4 is 27.5 Å². The standard InChI is InChI=1S/C33H30F3N5O3/c1-2-21-24(35)6-5-18-11-20(42)12-22(27(18)21)29-28(36)30-23(15-37-29)31(41-9-4-10-43-26-13-25(26)41)39-32(38-30)44-17-33-7-3-8-40(33)16-19(34)14-33/h1,5-6,11-12,15,19,25-26,42H,3-4,7-10,13-14,16-17H2/t19-,25-,26+,33+/m1/s1/i17D2. The lowest BCUT2D eigenvalue weighted by Gasteiger charge is -2.31. The lowest BCUT2D eigenvalue weighted by atomic mass is 9.95. The van der Waals surface area contributed by atoms with E-state index in [2.05, 4.69) is 20.9 Å². The molecule has 1 aliphatic carbocycles. The second-order valence-electron chi connectivity index (χ2n) is 12.0. The number of aromatic hydroxyl groups is 1. The number of aromatic nitrogens is 3. The fourth-order valence-corrected chi connectivity index (χ4v) is 7.19. The van der Waals surface area contributed by atoms with E-state index in [0.717, 1.165) is 6.42 Å². The van der Waals surface area contributed by atoms with Gasteiger partial charge in [0.25, 0.3) is 0 Å². The zero-order chi connectivity index (χ0) is 32.0. The third-order valence-electron chi connectivity index (χ3n) is 9.28. The molecule has 3 aliphatic heterocycles. The number of ether oxygens (including phenoxy) is 2. The molecule has 0 unspecified atom stereocenters. The van der Waals surface area contributed by atoms with Crippen molar-refractivity contribution in [1.29, 1.82) is 0 Å². The van der Waals surface area contributed by atoms with E-state index in [1.807, 2.05) is 4.90 Å². The van der Waals surface area contributed by atoms with Gasteiger partial charge in [-0.05, 0) is 55.8 Å². The van der Waals surface area contributed by atoms with Crippen LogP contribution in [0.4, 0.5) is 19.0 Å². The largest absolute Gasteiger partial charge is 0.508 e. The van der Waals surface area contributed by atoms with Crippen LogP contribution in [-0.2, 0) is 4.74 Å². The van der Waals surface area contributed by atoms with Crippen LogP contribution in [0.25, 0.3) is 32.9 Å². The summed E-state index contributed by atoms with van der Waals surface area (Å²) in [5, 5.41) is 11.4. The molecule has 4 aliphatic rings. The third kappa shape index (κ3) is 4.34. The second-order valence-corrected chi connectivity index (χ2v) is 12.0. The number of nitrogens with zero attached hydrogens (tertiary/aromatic N) is 5. The lowest BCUT2D eigenvalue weighted by Crippen LogP contribution is -2.43. The SMILES string of the molecule is [2H]C([2H])(Oc1nc(N2CCCO[C@H]3C[C@H]32)c2cnc(-c3cc(O)cc4ccc(F)c(C#C)c34)c(F)c2n1)[C@@]12CCCN1C[C@H](F)C2. The van der Waals surface area contributed by atoms with Gasteiger partial charge in [0.2, 0.25) is 0 Å². The van der Waals surface area contributed by atoms with E-state index < -0.39 is 35.9 Å². The molecule has 11 heteroatoms. The molecule has 2 aromatic carbocycles. The van der Waals surface area contributed by atoms with Gasteiger partial charge < -0.3 is 19.5 Å². The van der Waals surface area contributed by atoms with Crippen molar-refractivity contribution in [2.24, 2.45) is 0 Å². The van der Waals surface area contributed by atoms with Crippen molar-refractivity contribution in [2.45, 2.75) is 56.0 Å². The summed E-state index contributed by atoms with van der Waals surface area (Å²) in [7, 11) is 0. The van der Waals surface area contributed by atoms with Crippen molar-refractivity contribution in [1.82, 2.24) is 19.9 Å². The number of alkyl halides is 1. The Bertz CT molecular complexity index is 1960. The smallest absolute Gasteiger partial charge is 0.319 e. The van der Waals surface area contributed by atoms with Gasteiger partial charge in [0.15, 0.2) is 5.82 Å². The summed E-state index contributed by atoms with van der Waals surface area (Å²) in [5.41, 5.74) is -1.70. The van der Waals surface area contributed by atoms with E-state index in [1.54, 1.807) is 4.90 Å². The van der Waals surface area contributed by atoms with Crippen LogP contribution in [-0.4, -0.2) is 81.6 Å².